The quantitative estimate of drug-likeness (QED) is 0.841. The highest BCUT2D eigenvalue weighted by atomic mass is 19.1. The van der Waals surface area contributed by atoms with Gasteiger partial charge in [0.15, 0.2) is 5.78 Å². The molecule has 1 heterocycles. The van der Waals surface area contributed by atoms with Crippen molar-refractivity contribution in [1.82, 2.24) is 0 Å². The van der Waals surface area contributed by atoms with Crippen molar-refractivity contribution in [2.24, 2.45) is 0 Å². The van der Waals surface area contributed by atoms with Gasteiger partial charge in [-0.15, -0.1) is 0 Å². The predicted molar refractivity (Wildman–Crippen MR) is 76.4 cm³/mol. The molecule has 1 atom stereocenters. The van der Waals surface area contributed by atoms with Crippen LogP contribution in [-0.2, 0) is 0 Å². The van der Waals surface area contributed by atoms with Crippen molar-refractivity contribution in [1.29, 1.82) is 0 Å². The number of Topliss-reactive ketones (excluding diaryl/α,β-unsaturated/α-hetero) is 1. The molecule has 1 aliphatic rings. The van der Waals surface area contributed by atoms with E-state index in [0.29, 0.717) is 17.1 Å². The highest BCUT2D eigenvalue weighted by Gasteiger charge is 2.29. The second kappa shape index (κ2) is 5.20. The molecule has 21 heavy (non-hydrogen) atoms. The molecule has 2 aromatic carbocycles. The number of halogens is 1. The summed E-state index contributed by atoms with van der Waals surface area (Å²) in [6, 6.07) is 9.69. The van der Waals surface area contributed by atoms with Crippen LogP contribution in [-0.4, -0.2) is 12.9 Å². The highest BCUT2D eigenvalue weighted by Crippen LogP contribution is 2.37. The summed E-state index contributed by atoms with van der Waals surface area (Å²) in [5.74, 6) is 0.885. The molecule has 0 saturated heterocycles. The lowest BCUT2D eigenvalue weighted by Gasteiger charge is -2.26. The first-order valence-electron chi connectivity index (χ1n) is 6.72. The van der Waals surface area contributed by atoms with E-state index < -0.39 is 0 Å². The second-order valence-electron chi connectivity index (χ2n) is 5.10. The van der Waals surface area contributed by atoms with Crippen molar-refractivity contribution >= 4 is 5.78 Å². The van der Waals surface area contributed by atoms with Crippen LogP contribution in [0.15, 0.2) is 36.4 Å². The largest absolute Gasteiger partial charge is 0.497 e. The highest BCUT2D eigenvalue weighted by molar-refractivity contribution is 6.00. The molecule has 1 aliphatic heterocycles. The van der Waals surface area contributed by atoms with Gasteiger partial charge in [-0.2, -0.15) is 0 Å². The fourth-order valence-electron chi connectivity index (χ4n) is 2.60. The predicted octanol–water partition coefficient (Wildman–Crippen LogP) is 3.85. The number of hydrogen-bond donors (Lipinski definition) is 0. The molecule has 4 heteroatoms. The van der Waals surface area contributed by atoms with Gasteiger partial charge >= 0.3 is 0 Å². The van der Waals surface area contributed by atoms with Gasteiger partial charge in [-0.3, -0.25) is 4.79 Å². The minimum absolute atomic E-state index is 0.00359. The Bertz CT molecular complexity index is 709. The number of ether oxygens (including phenoxy) is 2. The van der Waals surface area contributed by atoms with E-state index in [-0.39, 0.29) is 24.1 Å². The molecule has 0 saturated carbocycles. The van der Waals surface area contributed by atoms with Crippen LogP contribution in [0.4, 0.5) is 4.39 Å². The van der Waals surface area contributed by atoms with Crippen molar-refractivity contribution in [2.75, 3.05) is 7.11 Å². The number of rotatable bonds is 2. The van der Waals surface area contributed by atoms with Gasteiger partial charge in [-0.1, -0.05) is 6.07 Å². The third kappa shape index (κ3) is 2.49. The number of hydrogen-bond acceptors (Lipinski definition) is 3. The summed E-state index contributed by atoms with van der Waals surface area (Å²) in [6.45, 7) is 1.82. The number of aryl methyl sites for hydroxylation is 1. The first-order chi connectivity index (χ1) is 10.1. The van der Waals surface area contributed by atoms with Gasteiger partial charge in [0.1, 0.15) is 23.4 Å². The summed E-state index contributed by atoms with van der Waals surface area (Å²) >= 11 is 0. The maximum absolute atomic E-state index is 13.2. The molecule has 0 radical (unpaired) electrons. The Hall–Kier alpha value is -2.36. The average molecular weight is 286 g/mol. The lowest BCUT2D eigenvalue weighted by molar-refractivity contribution is 0.0848. The van der Waals surface area contributed by atoms with Gasteiger partial charge in [0, 0.05) is 0 Å². The number of fused-ring (bicyclic) bond motifs is 1. The summed E-state index contributed by atoms with van der Waals surface area (Å²) in [6.07, 6.45) is -0.133. The molecule has 3 nitrogen and oxygen atoms in total. The van der Waals surface area contributed by atoms with Crippen molar-refractivity contribution in [3.63, 3.8) is 0 Å². The van der Waals surface area contributed by atoms with E-state index in [1.54, 1.807) is 31.4 Å². The maximum Gasteiger partial charge on any atom is 0.170 e. The second-order valence-corrected chi connectivity index (χ2v) is 5.10. The van der Waals surface area contributed by atoms with E-state index in [4.69, 9.17) is 9.47 Å². The van der Waals surface area contributed by atoms with Crippen LogP contribution in [0.5, 0.6) is 11.5 Å². The number of carbonyl (C=O) groups excluding carboxylic acids is 1. The fraction of sp³-hybridized carbons (Fsp3) is 0.235. The zero-order valence-corrected chi connectivity index (χ0v) is 11.9. The van der Waals surface area contributed by atoms with Crippen LogP contribution in [0.2, 0.25) is 0 Å². The number of methoxy groups -OCH3 is 1. The Morgan fingerprint density at radius 2 is 2.05 bits per heavy atom. The van der Waals surface area contributed by atoms with Crippen molar-refractivity contribution in [2.45, 2.75) is 19.4 Å². The van der Waals surface area contributed by atoms with Crippen molar-refractivity contribution < 1.29 is 18.7 Å². The number of benzene rings is 2. The molecule has 0 aliphatic carbocycles. The van der Waals surface area contributed by atoms with Crippen LogP contribution < -0.4 is 9.47 Å². The number of ketones is 1. The van der Waals surface area contributed by atoms with Gasteiger partial charge in [0.25, 0.3) is 0 Å². The average Bonchev–Trinajstić information content (AvgIpc) is 2.47. The SMILES string of the molecule is COc1ccc2c(c1)C(=O)CC(c1ccc(F)cc1C)O2. The van der Waals surface area contributed by atoms with Crippen LogP contribution in [0.1, 0.15) is 34.0 Å². The van der Waals surface area contributed by atoms with E-state index in [1.165, 1.54) is 12.1 Å². The van der Waals surface area contributed by atoms with E-state index in [0.717, 1.165) is 11.1 Å². The van der Waals surface area contributed by atoms with Crippen LogP contribution >= 0.6 is 0 Å². The van der Waals surface area contributed by atoms with Gasteiger partial charge in [0.05, 0.1) is 19.1 Å². The molecule has 0 bridgehead atoms. The van der Waals surface area contributed by atoms with E-state index in [2.05, 4.69) is 0 Å². The smallest absolute Gasteiger partial charge is 0.170 e. The topological polar surface area (TPSA) is 35.5 Å². The van der Waals surface area contributed by atoms with Crippen LogP contribution in [0.3, 0.4) is 0 Å². The number of carbonyl (C=O) groups is 1. The standard InChI is InChI=1S/C17H15FO3/c1-10-7-11(18)3-5-13(10)17-9-15(19)14-8-12(20-2)4-6-16(14)21-17/h3-8,17H,9H2,1-2H3. The lowest BCUT2D eigenvalue weighted by atomic mass is 9.94. The van der Waals surface area contributed by atoms with E-state index in [9.17, 15) is 9.18 Å². The normalized spacial score (nSPS) is 17.1. The monoisotopic (exact) mass is 286 g/mol. The zero-order chi connectivity index (χ0) is 15.0. The van der Waals surface area contributed by atoms with E-state index in [1.807, 2.05) is 6.92 Å². The third-order valence-corrected chi connectivity index (χ3v) is 3.71. The Morgan fingerprint density at radius 3 is 2.76 bits per heavy atom. The summed E-state index contributed by atoms with van der Waals surface area (Å²) < 4.78 is 24.2. The molecule has 3 rings (SSSR count). The van der Waals surface area contributed by atoms with Gasteiger partial charge in [-0.05, 0) is 48.4 Å². The van der Waals surface area contributed by atoms with E-state index >= 15 is 0 Å². The molecule has 0 N–H and O–H groups in total. The molecule has 0 amide bonds. The summed E-state index contributed by atoms with van der Waals surface area (Å²) in [5, 5.41) is 0. The maximum atomic E-state index is 13.2. The minimum atomic E-state index is -0.376. The molecular weight excluding hydrogens is 271 g/mol. The molecule has 0 spiro atoms. The first-order valence-corrected chi connectivity index (χ1v) is 6.72. The molecule has 2 aromatic rings. The third-order valence-electron chi connectivity index (χ3n) is 3.71. The Morgan fingerprint density at radius 1 is 1.24 bits per heavy atom. The zero-order valence-electron chi connectivity index (χ0n) is 11.9. The van der Waals surface area contributed by atoms with Gasteiger partial charge < -0.3 is 9.47 Å². The van der Waals surface area contributed by atoms with Gasteiger partial charge in [-0.25, -0.2) is 4.39 Å². The summed E-state index contributed by atoms with van der Waals surface area (Å²) in [5.41, 5.74) is 2.15. The summed E-state index contributed by atoms with van der Waals surface area (Å²) in [7, 11) is 1.56. The fourth-order valence-corrected chi connectivity index (χ4v) is 2.60. The first kappa shape index (κ1) is 13.6. The molecule has 108 valence electrons. The summed E-state index contributed by atoms with van der Waals surface area (Å²) in [4.78, 5) is 12.3. The minimum Gasteiger partial charge on any atom is -0.497 e. The van der Waals surface area contributed by atoms with Crippen LogP contribution in [0, 0.1) is 12.7 Å². The Balaban J connectivity index is 1.96. The van der Waals surface area contributed by atoms with Crippen molar-refractivity contribution in [3.8, 4) is 11.5 Å². The van der Waals surface area contributed by atoms with Crippen LogP contribution in [0.25, 0.3) is 0 Å². The molecule has 1 unspecified atom stereocenters. The van der Waals surface area contributed by atoms with Crippen molar-refractivity contribution in [3.05, 3.63) is 58.9 Å². The lowest BCUT2D eigenvalue weighted by Crippen LogP contribution is -2.21. The Kier molecular flexibility index (Phi) is 3.37. The Labute approximate surface area is 122 Å². The van der Waals surface area contributed by atoms with Gasteiger partial charge in [0.2, 0.25) is 0 Å². The molecular formula is C17H15FO3. The molecule has 0 fully saturated rings. The molecule has 0 aromatic heterocycles.